The van der Waals surface area contributed by atoms with Gasteiger partial charge in [-0.3, -0.25) is 4.72 Å². The Labute approximate surface area is 120 Å². The minimum Gasteiger partial charge on any atom is -0.259 e. The summed E-state index contributed by atoms with van der Waals surface area (Å²) >= 11 is 1.20. The minimum absolute atomic E-state index is 0.153. The van der Waals surface area contributed by atoms with Crippen LogP contribution in [0.4, 0.5) is 19.4 Å². The SMILES string of the molecule is Cc1ccc(CNSC(C)(C)C)c(S(F)(F)(F)(F)F)c1. The van der Waals surface area contributed by atoms with Gasteiger partial charge in [0.25, 0.3) is 0 Å². The van der Waals surface area contributed by atoms with Crippen LogP contribution in [0.15, 0.2) is 23.1 Å². The third-order valence-corrected chi connectivity index (χ3v) is 4.39. The van der Waals surface area contributed by atoms with Crippen LogP contribution in [0.1, 0.15) is 31.9 Å². The van der Waals surface area contributed by atoms with E-state index in [1.807, 2.05) is 20.8 Å². The van der Waals surface area contributed by atoms with Crippen molar-refractivity contribution in [2.45, 2.75) is 43.9 Å². The molecule has 0 amide bonds. The number of aryl methyl sites for hydroxylation is 1. The molecule has 0 bridgehead atoms. The molecule has 1 nitrogen and oxygen atoms in total. The average molecular weight is 335 g/mol. The fourth-order valence-electron chi connectivity index (χ4n) is 1.50. The van der Waals surface area contributed by atoms with Crippen LogP contribution in [0.25, 0.3) is 0 Å². The highest BCUT2D eigenvalue weighted by Gasteiger charge is 2.66. The van der Waals surface area contributed by atoms with E-state index in [0.717, 1.165) is 6.07 Å². The molecule has 1 rings (SSSR count). The molecular weight excluding hydrogens is 317 g/mol. The van der Waals surface area contributed by atoms with Gasteiger partial charge in [0.2, 0.25) is 0 Å². The number of benzene rings is 1. The molecule has 118 valence electrons. The van der Waals surface area contributed by atoms with E-state index in [9.17, 15) is 19.4 Å². The Hall–Kier alpha value is -0.470. The molecule has 0 aliphatic heterocycles. The molecule has 1 N–H and O–H groups in total. The fourth-order valence-corrected chi connectivity index (χ4v) is 3.20. The summed E-state index contributed by atoms with van der Waals surface area (Å²) in [4.78, 5) is -1.80. The highest BCUT2D eigenvalue weighted by molar-refractivity contribution is 8.45. The standard InChI is InChI=1S/C12H18F5NS2/c1-9-5-6-10(8-18-19-12(2,3)4)11(7-9)20(13,14,15,16)17/h5-7,18H,8H2,1-4H3. The summed E-state index contributed by atoms with van der Waals surface area (Å²) in [7, 11) is -9.67. The highest BCUT2D eigenvalue weighted by Crippen LogP contribution is 3.02. The second kappa shape index (κ2) is 4.51. The fraction of sp³-hybridized carbons (Fsp3) is 0.500. The first-order chi connectivity index (χ1) is 8.58. The van der Waals surface area contributed by atoms with E-state index >= 15 is 0 Å². The van der Waals surface area contributed by atoms with Crippen molar-refractivity contribution in [2.75, 3.05) is 0 Å². The van der Waals surface area contributed by atoms with Crippen LogP contribution in [-0.2, 0) is 6.54 Å². The highest BCUT2D eigenvalue weighted by atomic mass is 32.5. The van der Waals surface area contributed by atoms with E-state index in [4.69, 9.17) is 0 Å². The summed E-state index contributed by atoms with van der Waals surface area (Å²) in [6.07, 6.45) is 0. The third kappa shape index (κ3) is 5.49. The monoisotopic (exact) mass is 335 g/mol. The Morgan fingerprint density at radius 3 is 2.10 bits per heavy atom. The van der Waals surface area contributed by atoms with Gasteiger partial charge in [-0.2, -0.15) is 0 Å². The van der Waals surface area contributed by atoms with Crippen molar-refractivity contribution in [3.63, 3.8) is 0 Å². The van der Waals surface area contributed by atoms with Crippen molar-refractivity contribution in [3.05, 3.63) is 29.3 Å². The zero-order valence-electron chi connectivity index (χ0n) is 11.6. The van der Waals surface area contributed by atoms with Gasteiger partial charge in [-0.25, -0.2) is 0 Å². The Bertz CT molecular complexity index is 504. The topological polar surface area (TPSA) is 12.0 Å². The molecule has 0 saturated carbocycles. The molecule has 0 aromatic heterocycles. The Morgan fingerprint density at radius 2 is 1.65 bits per heavy atom. The van der Waals surface area contributed by atoms with Gasteiger partial charge >= 0.3 is 10.2 Å². The average Bonchev–Trinajstić information content (AvgIpc) is 2.14. The van der Waals surface area contributed by atoms with Crippen molar-refractivity contribution < 1.29 is 19.4 Å². The van der Waals surface area contributed by atoms with Gasteiger partial charge in [0.15, 0.2) is 0 Å². The molecular formula is C12H18F5NS2. The molecule has 20 heavy (non-hydrogen) atoms. The Balaban J connectivity index is 3.11. The zero-order valence-corrected chi connectivity index (χ0v) is 13.3. The lowest BCUT2D eigenvalue weighted by molar-refractivity contribution is 0.362. The molecule has 0 fully saturated rings. The van der Waals surface area contributed by atoms with Crippen LogP contribution < -0.4 is 4.72 Å². The molecule has 0 aliphatic carbocycles. The van der Waals surface area contributed by atoms with E-state index in [1.165, 1.54) is 24.9 Å². The molecule has 0 atom stereocenters. The molecule has 0 radical (unpaired) electrons. The Morgan fingerprint density at radius 1 is 1.10 bits per heavy atom. The number of halogens is 5. The van der Waals surface area contributed by atoms with Crippen molar-refractivity contribution in [1.29, 1.82) is 0 Å². The van der Waals surface area contributed by atoms with Gasteiger partial charge in [0, 0.05) is 11.3 Å². The molecule has 0 unspecified atom stereocenters. The lowest BCUT2D eigenvalue weighted by Crippen LogP contribution is -2.18. The van der Waals surface area contributed by atoms with Gasteiger partial charge in [-0.15, -0.1) is 0 Å². The van der Waals surface area contributed by atoms with Gasteiger partial charge in [-0.05, 0) is 44.9 Å². The third-order valence-electron chi connectivity index (χ3n) is 2.28. The van der Waals surface area contributed by atoms with E-state index in [0.29, 0.717) is 6.07 Å². The second-order valence-corrected chi connectivity index (χ2v) is 9.71. The van der Waals surface area contributed by atoms with Crippen LogP contribution in [0.5, 0.6) is 0 Å². The normalized spacial score (nSPS) is 16.6. The summed E-state index contributed by atoms with van der Waals surface area (Å²) < 4.78 is 67.6. The van der Waals surface area contributed by atoms with Crippen LogP contribution in [0.2, 0.25) is 0 Å². The van der Waals surface area contributed by atoms with Crippen molar-refractivity contribution in [2.24, 2.45) is 0 Å². The largest absolute Gasteiger partial charge is 0.310 e. The Kier molecular flexibility index (Phi) is 3.97. The summed E-state index contributed by atoms with van der Waals surface area (Å²) in [6, 6.07) is 3.00. The number of hydrogen-bond donors (Lipinski definition) is 1. The quantitative estimate of drug-likeness (QED) is 0.520. The predicted octanol–water partition coefficient (Wildman–Crippen LogP) is 6.19. The maximum atomic E-state index is 13.0. The van der Waals surface area contributed by atoms with Crippen LogP contribution in [0, 0.1) is 6.92 Å². The van der Waals surface area contributed by atoms with E-state index in [2.05, 4.69) is 4.72 Å². The lowest BCUT2D eigenvalue weighted by Gasteiger charge is -2.42. The summed E-state index contributed by atoms with van der Waals surface area (Å²) in [5, 5.41) is 0. The van der Waals surface area contributed by atoms with Crippen LogP contribution >= 0.6 is 22.2 Å². The number of nitrogens with one attached hydrogen (secondary N) is 1. The second-order valence-electron chi connectivity index (χ2n) is 5.62. The molecule has 0 heterocycles. The van der Waals surface area contributed by atoms with Crippen LogP contribution in [0.3, 0.4) is 0 Å². The minimum atomic E-state index is -9.67. The molecule has 0 spiro atoms. The van der Waals surface area contributed by atoms with Gasteiger partial charge < -0.3 is 0 Å². The smallest absolute Gasteiger partial charge is 0.259 e. The summed E-state index contributed by atoms with van der Waals surface area (Å²) in [5.74, 6) is 0. The van der Waals surface area contributed by atoms with Crippen LogP contribution in [-0.4, -0.2) is 4.75 Å². The van der Waals surface area contributed by atoms with Gasteiger partial charge in [-0.1, -0.05) is 43.5 Å². The van der Waals surface area contributed by atoms with Gasteiger partial charge in [0.05, 0.1) is 0 Å². The van der Waals surface area contributed by atoms with Gasteiger partial charge in [0.1, 0.15) is 4.90 Å². The maximum Gasteiger partial charge on any atom is 0.310 e. The van der Waals surface area contributed by atoms with Crippen molar-refractivity contribution >= 4 is 22.2 Å². The first-order valence-electron chi connectivity index (χ1n) is 5.83. The van der Waals surface area contributed by atoms with E-state index < -0.39 is 20.7 Å². The molecule has 0 saturated heterocycles. The lowest BCUT2D eigenvalue weighted by atomic mass is 10.1. The van der Waals surface area contributed by atoms with Crippen molar-refractivity contribution in [3.8, 4) is 0 Å². The van der Waals surface area contributed by atoms with Crippen molar-refractivity contribution in [1.82, 2.24) is 4.72 Å². The van der Waals surface area contributed by atoms with E-state index in [1.54, 1.807) is 0 Å². The van der Waals surface area contributed by atoms with E-state index in [-0.39, 0.29) is 16.9 Å². The molecule has 1 aromatic carbocycles. The maximum absolute atomic E-state index is 13.0. The molecule has 1 aromatic rings. The molecule has 8 heteroatoms. The predicted molar refractivity (Wildman–Crippen MR) is 76.8 cm³/mol. The molecule has 0 aliphatic rings. The first kappa shape index (κ1) is 17.6. The first-order valence-corrected chi connectivity index (χ1v) is 8.60. The number of hydrogen-bond acceptors (Lipinski definition) is 2. The zero-order chi connectivity index (χ0) is 15.9. The number of rotatable bonds is 4. The summed E-state index contributed by atoms with van der Waals surface area (Å²) in [5.41, 5.74) is -0.285. The summed E-state index contributed by atoms with van der Waals surface area (Å²) in [6.45, 7) is 6.68.